The third-order valence-corrected chi connectivity index (χ3v) is 1.78. The quantitative estimate of drug-likeness (QED) is 0.545. The topological polar surface area (TPSA) is 61.6 Å². The summed E-state index contributed by atoms with van der Waals surface area (Å²) in [5.74, 6) is 0.586. The van der Waals surface area contributed by atoms with E-state index < -0.39 is 4.92 Å². The van der Waals surface area contributed by atoms with Gasteiger partial charge in [0.05, 0.1) is 24.2 Å². The zero-order valence-electron chi connectivity index (χ0n) is 8.02. The first-order chi connectivity index (χ1) is 6.69. The van der Waals surface area contributed by atoms with Crippen LogP contribution in [0.25, 0.3) is 0 Å². The molecule has 76 valence electrons. The smallest absolute Gasteiger partial charge is 0.275 e. The zero-order chi connectivity index (χ0) is 10.6. The van der Waals surface area contributed by atoms with Crippen LogP contribution in [0, 0.1) is 10.1 Å². The van der Waals surface area contributed by atoms with Crippen molar-refractivity contribution >= 4 is 5.69 Å². The molecule has 0 unspecified atom stereocenters. The average Bonchev–Trinajstić information content (AvgIpc) is 2.17. The minimum atomic E-state index is -0.437. The molecule has 0 spiro atoms. The van der Waals surface area contributed by atoms with Gasteiger partial charge in [-0.05, 0) is 12.1 Å². The molecule has 1 aromatic rings. The molecule has 1 rings (SSSR count). The van der Waals surface area contributed by atoms with Gasteiger partial charge >= 0.3 is 0 Å². The Kier molecular flexibility index (Phi) is 3.41. The molecule has 5 heteroatoms. The second-order valence-electron chi connectivity index (χ2n) is 2.68. The molecular weight excluding hydrogens is 186 g/mol. The Morgan fingerprint density at radius 2 is 2.14 bits per heavy atom. The fourth-order valence-corrected chi connectivity index (χ4v) is 1.14. The average molecular weight is 197 g/mol. The van der Waals surface area contributed by atoms with Crippen molar-refractivity contribution in [2.75, 3.05) is 14.2 Å². The van der Waals surface area contributed by atoms with Crippen LogP contribution in [-0.2, 0) is 11.3 Å². The predicted molar refractivity (Wildman–Crippen MR) is 50.4 cm³/mol. The Morgan fingerprint density at radius 3 is 2.64 bits per heavy atom. The van der Waals surface area contributed by atoms with E-state index in [1.54, 1.807) is 12.1 Å². The van der Waals surface area contributed by atoms with Crippen LogP contribution in [0.4, 0.5) is 5.69 Å². The highest BCUT2D eigenvalue weighted by atomic mass is 16.6. The third-order valence-electron chi connectivity index (χ3n) is 1.78. The van der Waals surface area contributed by atoms with Crippen LogP contribution >= 0.6 is 0 Å². The molecule has 0 aliphatic rings. The van der Waals surface area contributed by atoms with Gasteiger partial charge in [-0.3, -0.25) is 10.1 Å². The molecule has 0 bridgehead atoms. The third kappa shape index (κ3) is 2.20. The number of nitro groups is 1. The summed E-state index contributed by atoms with van der Waals surface area (Å²) in [6.07, 6.45) is 0. The number of benzene rings is 1. The summed E-state index contributed by atoms with van der Waals surface area (Å²) in [6, 6.07) is 4.56. The van der Waals surface area contributed by atoms with E-state index in [-0.39, 0.29) is 12.3 Å². The van der Waals surface area contributed by atoms with Crippen LogP contribution in [0.3, 0.4) is 0 Å². The van der Waals surface area contributed by atoms with Gasteiger partial charge in [-0.15, -0.1) is 0 Å². The maximum Gasteiger partial charge on any atom is 0.275 e. The molecular formula is C9H11NO4. The molecule has 0 saturated heterocycles. The largest absolute Gasteiger partial charge is 0.497 e. The van der Waals surface area contributed by atoms with Gasteiger partial charge in [0.2, 0.25) is 0 Å². The Balaban J connectivity index is 3.10. The Labute approximate surface area is 81.4 Å². The molecule has 0 N–H and O–H groups in total. The molecule has 0 atom stereocenters. The summed E-state index contributed by atoms with van der Waals surface area (Å²) < 4.78 is 9.82. The van der Waals surface area contributed by atoms with E-state index in [1.165, 1.54) is 20.3 Å². The van der Waals surface area contributed by atoms with Gasteiger partial charge in [0.1, 0.15) is 5.75 Å². The van der Waals surface area contributed by atoms with Gasteiger partial charge < -0.3 is 9.47 Å². The highest BCUT2D eigenvalue weighted by molar-refractivity contribution is 5.44. The molecule has 0 heterocycles. The van der Waals surface area contributed by atoms with Gasteiger partial charge in [0, 0.05) is 13.2 Å². The van der Waals surface area contributed by atoms with Crippen molar-refractivity contribution in [1.29, 1.82) is 0 Å². The summed E-state index contributed by atoms with van der Waals surface area (Å²) in [7, 11) is 3.00. The lowest BCUT2D eigenvalue weighted by molar-refractivity contribution is -0.385. The lowest BCUT2D eigenvalue weighted by Crippen LogP contribution is -1.97. The maximum atomic E-state index is 10.6. The summed E-state index contributed by atoms with van der Waals surface area (Å²) >= 11 is 0. The maximum absolute atomic E-state index is 10.6. The van der Waals surface area contributed by atoms with Crippen molar-refractivity contribution in [3.8, 4) is 5.75 Å². The minimum Gasteiger partial charge on any atom is -0.497 e. The van der Waals surface area contributed by atoms with Crippen molar-refractivity contribution in [2.45, 2.75) is 6.61 Å². The van der Waals surface area contributed by atoms with E-state index in [0.717, 1.165) is 0 Å². The monoisotopic (exact) mass is 197 g/mol. The number of nitro benzene ring substituents is 1. The Hall–Kier alpha value is -1.62. The molecule has 0 aliphatic carbocycles. The van der Waals surface area contributed by atoms with Crippen LogP contribution in [0.1, 0.15) is 5.56 Å². The summed E-state index contributed by atoms with van der Waals surface area (Å²) in [6.45, 7) is 0.202. The van der Waals surface area contributed by atoms with Crippen molar-refractivity contribution < 1.29 is 14.4 Å². The number of methoxy groups -OCH3 is 2. The van der Waals surface area contributed by atoms with Gasteiger partial charge in [-0.25, -0.2) is 0 Å². The lowest BCUT2D eigenvalue weighted by atomic mass is 10.2. The van der Waals surface area contributed by atoms with E-state index in [0.29, 0.717) is 11.3 Å². The summed E-state index contributed by atoms with van der Waals surface area (Å²) in [5, 5.41) is 10.6. The molecule has 0 aromatic heterocycles. The molecule has 5 nitrogen and oxygen atoms in total. The lowest BCUT2D eigenvalue weighted by Gasteiger charge is -2.04. The standard InChI is InChI=1S/C9H11NO4/c1-13-6-7-5-8(14-2)3-4-9(7)10(11)12/h3-5H,6H2,1-2H3. The molecule has 0 saturated carbocycles. The van der Waals surface area contributed by atoms with Gasteiger partial charge in [0.15, 0.2) is 0 Å². The summed E-state index contributed by atoms with van der Waals surface area (Å²) in [5.41, 5.74) is 0.560. The highest BCUT2D eigenvalue weighted by Gasteiger charge is 2.13. The number of rotatable bonds is 4. The fraction of sp³-hybridized carbons (Fsp3) is 0.333. The normalized spacial score (nSPS) is 9.86. The van der Waals surface area contributed by atoms with E-state index in [2.05, 4.69) is 0 Å². The number of nitrogens with zero attached hydrogens (tertiary/aromatic N) is 1. The van der Waals surface area contributed by atoms with Crippen LogP contribution in [-0.4, -0.2) is 19.1 Å². The van der Waals surface area contributed by atoms with Crippen molar-refractivity contribution in [3.63, 3.8) is 0 Å². The number of hydrogen-bond acceptors (Lipinski definition) is 4. The molecule has 0 aliphatic heterocycles. The van der Waals surface area contributed by atoms with Gasteiger partial charge in [-0.1, -0.05) is 0 Å². The van der Waals surface area contributed by atoms with Crippen molar-refractivity contribution in [1.82, 2.24) is 0 Å². The number of ether oxygens (including phenoxy) is 2. The zero-order valence-corrected chi connectivity index (χ0v) is 8.02. The SMILES string of the molecule is COCc1cc(OC)ccc1[N+](=O)[O-]. The second-order valence-corrected chi connectivity index (χ2v) is 2.68. The first-order valence-corrected chi connectivity index (χ1v) is 3.99. The first kappa shape index (κ1) is 10.5. The molecule has 14 heavy (non-hydrogen) atoms. The van der Waals surface area contributed by atoms with Crippen molar-refractivity contribution in [3.05, 3.63) is 33.9 Å². The van der Waals surface area contributed by atoms with Crippen LogP contribution in [0.2, 0.25) is 0 Å². The molecule has 0 fully saturated rings. The van der Waals surface area contributed by atoms with E-state index >= 15 is 0 Å². The van der Waals surface area contributed by atoms with Gasteiger partial charge in [-0.2, -0.15) is 0 Å². The fourth-order valence-electron chi connectivity index (χ4n) is 1.14. The van der Waals surface area contributed by atoms with E-state index in [9.17, 15) is 10.1 Å². The Morgan fingerprint density at radius 1 is 1.43 bits per heavy atom. The number of hydrogen-bond donors (Lipinski definition) is 0. The predicted octanol–water partition coefficient (Wildman–Crippen LogP) is 1.75. The van der Waals surface area contributed by atoms with E-state index in [1.807, 2.05) is 0 Å². The molecule has 0 radical (unpaired) electrons. The van der Waals surface area contributed by atoms with Crippen LogP contribution in [0.5, 0.6) is 5.75 Å². The minimum absolute atomic E-state index is 0.0488. The molecule has 0 amide bonds. The van der Waals surface area contributed by atoms with E-state index in [4.69, 9.17) is 9.47 Å². The van der Waals surface area contributed by atoms with Crippen LogP contribution < -0.4 is 4.74 Å². The van der Waals surface area contributed by atoms with Crippen molar-refractivity contribution in [2.24, 2.45) is 0 Å². The van der Waals surface area contributed by atoms with Gasteiger partial charge in [0.25, 0.3) is 5.69 Å². The molecule has 1 aromatic carbocycles. The summed E-state index contributed by atoms with van der Waals surface area (Å²) in [4.78, 5) is 10.2. The first-order valence-electron chi connectivity index (χ1n) is 3.99. The Bertz CT molecular complexity index is 338. The second kappa shape index (κ2) is 4.57. The van der Waals surface area contributed by atoms with Crippen LogP contribution in [0.15, 0.2) is 18.2 Å². The highest BCUT2D eigenvalue weighted by Crippen LogP contribution is 2.24.